The Balaban J connectivity index is 2.96. The molecule has 0 aliphatic rings. The maximum absolute atomic E-state index is 11.8. The fraction of sp³-hybridized carbons (Fsp3) is 0.444. The topological polar surface area (TPSA) is 85.4 Å². The number of anilines is 1. The molecule has 5 nitrogen and oxygen atoms in total. The minimum absolute atomic E-state index is 0.0784. The van der Waals surface area contributed by atoms with E-state index in [4.69, 9.17) is 10.3 Å². The molecule has 0 fully saturated rings. The van der Waals surface area contributed by atoms with E-state index in [1.54, 1.807) is 13.0 Å². The SMILES string of the molecule is CCC(C)OP(=O)(O)c1ncccc1N. The molecule has 0 saturated heterocycles. The van der Waals surface area contributed by atoms with Gasteiger partial charge >= 0.3 is 7.60 Å². The third kappa shape index (κ3) is 3.02. The van der Waals surface area contributed by atoms with Gasteiger partial charge in [-0.25, -0.2) is 4.98 Å². The van der Waals surface area contributed by atoms with E-state index in [0.29, 0.717) is 6.42 Å². The summed E-state index contributed by atoms with van der Waals surface area (Å²) < 4.78 is 16.8. The largest absolute Gasteiger partial charge is 0.397 e. The molecule has 2 unspecified atom stereocenters. The average molecular weight is 230 g/mol. The first-order valence-corrected chi connectivity index (χ1v) is 6.27. The molecule has 15 heavy (non-hydrogen) atoms. The van der Waals surface area contributed by atoms with E-state index in [9.17, 15) is 9.46 Å². The van der Waals surface area contributed by atoms with E-state index in [-0.39, 0.29) is 17.2 Å². The Kier molecular flexibility index (Phi) is 3.85. The lowest BCUT2D eigenvalue weighted by molar-refractivity contribution is 0.192. The second kappa shape index (κ2) is 4.75. The highest BCUT2D eigenvalue weighted by atomic mass is 31.2. The third-order valence-corrected chi connectivity index (χ3v) is 3.54. The maximum atomic E-state index is 11.8. The average Bonchev–Trinajstić information content (AvgIpc) is 2.17. The molecular formula is C9H15N2O3P. The van der Waals surface area contributed by atoms with Crippen LogP contribution in [-0.4, -0.2) is 16.0 Å². The Morgan fingerprint density at radius 3 is 2.93 bits per heavy atom. The summed E-state index contributed by atoms with van der Waals surface area (Å²) in [4.78, 5) is 13.4. The smallest absolute Gasteiger partial charge is 0.379 e. The van der Waals surface area contributed by atoms with Gasteiger partial charge in [0.15, 0.2) is 5.44 Å². The number of nitrogens with zero attached hydrogens (tertiary/aromatic N) is 1. The third-order valence-electron chi connectivity index (χ3n) is 1.98. The Bertz CT molecular complexity index is 383. The van der Waals surface area contributed by atoms with Crippen molar-refractivity contribution < 1.29 is 14.0 Å². The minimum Gasteiger partial charge on any atom is -0.397 e. The van der Waals surface area contributed by atoms with Gasteiger partial charge < -0.3 is 15.2 Å². The van der Waals surface area contributed by atoms with Crippen LogP contribution in [0.3, 0.4) is 0 Å². The number of hydrogen-bond donors (Lipinski definition) is 2. The second-order valence-corrected chi connectivity index (χ2v) is 4.94. The van der Waals surface area contributed by atoms with Crippen molar-refractivity contribution in [2.24, 2.45) is 0 Å². The number of aromatic nitrogens is 1. The summed E-state index contributed by atoms with van der Waals surface area (Å²) in [5.41, 5.74) is 5.64. The summed E-state index contributed by atoms with van der Waals surface area (Å²) in [7, 11) is -3.89. The van der Waals surface area contributed by atoms with Gasteiger partial charge in [0.2, 0.25) is 0 Å². The lowest BCUT2D eigenvalue weighted by atomic mass is 10.3. The lowest BCUT2D eigenvalue weighted by Gasteiger charge is -2.16. The van der Waals surface area contributed by atoms with Gasteiger partial charge in [0.25, 0.3) is 0 Å². The molecule has 1 rings (SSSR count). The first-order valence-electron chi connectivity index (χ1n) is 4.69. The summed E-state index contributed by atoms with van der Waals surface area (Å²) in [6, 6.07) is 3.12. The molecular weight excluding hydrogens is 215 g/mol. The minimum atomic E-state index is -3.89. The van der Waals surface area contributed by atoms with E-state index in [0.717, 1.165) is 0 Å². The molecule has 6 heteroatoms. The molecule has 2 atom stereocenters. The van der Waals surface area contributed by atoms with Gasteiger partial charge in [-0.1, -0.05) is 6.92 Å². The van der Waals surface area contributed by atoms with Crippen LogP contribution >= 0.6 is 7.60 Å². The number of nitrogen functional groups attached to an aromatic ring is 1. The summed E-state index contributed by atoms with van der Waals surface area (Å²) in [5.74, 6) is 0. The van der Waals surface area contributed by atoms with Crippen molar-refractivity contribution in [3.63, 3.8) is 0 Å². The molecule has 0 aliphatic heterocycles. The Morgan fingerprint density at radius 1 is 1.73 bits per heavy atom. The fourth-order valence-corrected chi connectivity index (χ4v) is 2.36. The van der Waals surface area contributed by atoms with Crippen LogP contribution in [0.5, 0.6) is 0 Å². The van der Waals surface area contributed by atoms with Crippen molar-refractivity contribution in [3.05, 3.63) is 18.3 Å². The highest BCUT2D eigenvalue weighted by Gasteiger charge is 2.28. The van der Waals surface area contributed by atoms with Crippen LogP contribution in [0, 0.1) is 0 Å². The second-order valence-electron chi connectivity index (χ2n) is 3.26. The van der Waals surface area contributed by atoms with Gasteiger partial charge in [0.1, 0.15) is 0 Å². The Morgan fingerprint density at radius 2 is 2.40 bits per heavy atom. The molecule has 0 aliphatic carbocycles. The van der Waals surface area contributed by atoms with Crippen molar-refractivity contribution in [3.8, 4) is 0 Å². The molecule has 1 heterocycles. The highest BCUT2D eigenvalue weighted by Crippen LogP contribution is 2.43. The van der Waals surface area contributed by atoms with E-state index >= 15 is 0 Å². The molecule has 0 aromatic carbocycles. The van der Waals surface area contributed by atoms with Crippen LogP contribution in [0.2, 0.25) is 0 Å². The number of pyridine rings is 1. The summed E-state index contributed by atoms with van der Waals surface area (Å²) in [5, 5.41) is 0. The van der Waals surface area contributed by atoms with Crippen molar-refractivity contribution in [1.29, 1.82) is 0 Å². The van der Waals surface area contributed by atoms with E-state index < -0.39 is 7.60 Å². The van der Waals surface area contributed by atoms with Gasteiger partial charge in [-0.3, -0.25) is 4.57 Å². The molecule has 1 aromatic rings. The quantitative estimate of drug-likeness (QED) is 0.761. The number of nitrogens with two attached hydrogens (primary N) is 1. The van der Waals surface area contributed by atoms with Crippen molar-refractivity contribution in [1.82, 2.24) is 4.98 Å². The van der Waals surface area contributed by atoms with Crippen molar-refractivity contribution in [2.45, 2.75) is 26.4 Å². The predicted molar refractivity (Wildman–Crippen MR) is 58.9 cm³/mol. The number of hydrogen-bond acceptors (Lipinski definition) is 4. The first kappa shape index (κ1) is 12.2. The van der Waals surface area contributed by atoms with Gasteiger partial charge in [0.05, 0.1) is 11.8 Å². The van der Waals surface area contributed by atoms with Crippen LogP contribution in [0.15, 0.2) is 18.3 Å². The van der Waals surface area contributed by atoms with Gasteiger partial charge in [-0.05, 0) is 25.5 Å². The van der Waals surface area contributed by atoms with E-state index in [1.165, 1.54) is 12.3 Å². The summed E-state index contributed by atoms with van der Waals surface area (Å²) in [6.45, 7) is 3.59. The molecule has 0 spiro atoms. The number of rotatable bonds is 4. The predicted octanol–water partition coefficient (Wildman–Crippen LogP) is 1.29. The monoisotopic (exact) mass is 230 g/mol. The standard InChI is InChI=1S/C9H15N2O3P/c1-3-7(2)14-15(12,13)9-8(10)5-4-6-11-9/h4-7H,3,10H2,1-2H3,(H,12,13). The van der Waals surface area contributed by atoms with Crippen LogP contribution in [0.4, 0.5) is 5.69 Å². The maximum Gasteiger partial charge on any atom is 0.379 e. The first-order chi connectivity index (χ1) is 6.97. The zero-order chi connectivity index (χ0) is 11.5. The fourth-order valence-electron chi connectivity index (χ4n) is 1.01. The normalized spacial score (nSPS) is 17.0. The van der Waals surface area contributed by atoms with Crippen molar-refractivity contribution >= 4 is 18.7 Å². The van der Waals surface area contributed by atoms with Crippen molar-refractivity contribution in [2.75, 3.05) is 5.73 Å². The van der Waals surface area contributed by atoms with Crippen LogP contribution < -0.4 is 11.2 Å². The molecule has 1 aromatic heterocycles. The van der Waals surface area contributed by atoms with E-state index in [1.807, 2.05) is 6.92 Å². The Labute approximate surface area is 88.8 Å². The van der Waals surface area contributed by atoms with Gasteiger partial charge in [-0.15, -0.1) is 0 Å². The highest BCUT2D eigenvalue weighted by molar-refractivity contribution is 7.61. The summed E-state index contributed by atoms with van der Waals surface area (Å²) in [6.07, 6.45) is 1.76. The molecule has 0 amide bonds. The summed E-state index contributed by atoms with van der Waals surface area (Å²) >= 11 is 0. The zero-order valence-corrected chi connectivity index (χ0v) is 9.65. The molecule has 84 valence electrons. The van der Waals surface area contributed by atoms with Gasteiger partial charge in [0, 0.05) is 6.20 Å². The molecule has 0 radical (unpaired) electrons. The van der Waals surface area contributed by atoms with Crippen LogP contribution in [0.25, 0.3) is 0 Å². The van der Waals surface area contributed by atoms with Gasteiger partial charge in [-0.2, -0.15) is 0 Å². The van der Waals surface area contributed by atoms with Crippen LogP contribution in [0.1, 0.15) is 20.3 Å². The molecule has 3 N–H and O–H groups in total. The Hall–Kier alpha value is -0.900. The van der Waals surface area contributed by atoms with E-state index in [2.05, 4.69) is 4.98 Å². The van der Waals surface area contributed by atoms with Crippen LogP contribution in [-0.2, 0) is 9.09 Å². The molecule has 0 bridgehead atoms. The zero-order valence-electron chi connectivity index (χ0n) is 8.75. The lowest BCUT2D eigenvalue weighted by Crippen LogP contribution is -2.18. The molecule has 0 saturated carbocycles.